The highest BCUT2D eigenvalue weighted by atomic mass is 32.2. The summed E-state index contributed by atoms with van der Waals surface area (Å²) in [6.45, 7) is 0. The van der Waals surface area contributed by atoms with E-state index >= 15 is 0 Å². The SMILES string of the molecule is COc1ccc(F)cc1C(NC(=O)c1cccc(-c2ccc(OS(=O)(=O)C(F)(F)F)cc2)c1)c1cc2ccccc2[nH]1. The minimum atomic E-state index is -5.81. The number of carbonyl (C=O) groups is 1. The van der Waals surface area contributed by atoms with Gasteiger partial charge in [-0.1, -0.05) is 42.5 Å². The number of ether oxygens (including phenoxy) is 1. The van der Waals surface area contributed by atoms with Crippen LogP contribution in [0.15, 0.2) is 97.1 Å². The third-order valence-corrected chi connectivity index (χ3v) is 7.42. The van der Waals surface area contributed by atoms with Gasteiger partial charge in [-0.05, 0) is 71.1 Å². The van der Waals surface area contributed by atoms with Crippen LogP contribution in [0.5, 0.6) is 11.5 Å². The van der Waals surface area contributed by atoms with E-state index in [1.165, 1.54) is 37.4 Å². The highest BCUT2D eigenvalue weighted by molar-refractivity contribution is 7.88. The van der Waals surface area contributed by atoms with Crippen LogP contribution in [-0.2, 0) is 10.1 Å². The van der Waals surface area contributed by atoms with Crippen molar-refractivity contribution in [3.8, 4) is 22.6 Å². The molecule has 42 heavy (non-hydrogen) atoms. The molecule has 0 radical (unpaired) electrons. The average Bonchev–Trinajstić information content (AvgIpc) is 3.39. The van der Waals surface area contributed by atoms with Crippen molar-refractivity contribution < 1.29 is 39.7 Å². The molecule has 0 saturated heterocycles. The zero-order valence-corrected chi connectivity index (χ0v) is 22.6. The normalized spacial score (nSPS) is 12.6. The molecule has 0 aliphatic carbocycles. The Morgan fingerprint density at radius 3 is 2.31 bits per heavy atom. The molecule has 0 aliphatic rings. The molecule has 4 aromatic carbocycles. The van der Waals surface area contributed by atoms with Gasteiger partial charge in [0.1, 0.15) is 17.3 Å². The van der Waals surface area contributed by atoms with Crippen molar-refractivity contribution in [2.24, 2.45) is 0 Å². The van der Waals surface area contributed by atoms with Crippen molar-refractivity contribution in [3.05, 3.63) is 120 Å². The molecule has 0 aliphatic heterocycles. The summed E-state index contributed by atoms with van der Waals surface area (Å²) in [5.74, 6) is -1.17. The first-order chi connectivity index (χ1) is 19.9. The van der Waals surface area contributed by atoms with E-state index in [0.29, 0.717) is 28.1 Å². The van der Waals surface area contributed by atoms with Gasteiger partial charge in [-0.3, -0.25) is 4.79 Å². The van der Waals surface area contributed by atoms with Crippen molar-refractivity contribution >= 4 is 26.9 Å². The number of hydrogen-bond donors (Lipinski definition) is 2. The van der Waals surface area contributed by atoms with E-state index in [-0.39, 0.29) is 5.56 Å². The zero-order chi connectivity index (χ0) is 30.1. The molecule has 0 spiro atoms. The summed E-state index contributed by atoms with van der Waals surface area (Å²) in [5, 5.41) is 3.83. The quantitative estimate of drug-likeness (QED) is 0.117. The Hall–Kier alpha value is -4.84. The van der Waals surface area contributed by atoms with Crippen LogP contribution in [0.3, 0.4) is 0 Å². The van der Waals surface area contributed by atoms with Crippen LogP contribution < -0.4 is 14.2 Å². The monoisotopic (exact) mass is 598 g/mol. The first kappa shape index (κ1) is 28.7. The molecule has 1 amide bonds. The largest absolute Gasteiger partial charge is 0.534 e. The van der Waals surface area contributed by atoms with E-state index < -0.39 is 39.1 Å². The number of hydrogen-bond acceptors (Lipinski definition) is 5. The molecule has 1 atom stereocenters. The van der Waals surface area contributed by atoms with Crippen LogP contribution in [0.2, 0.25) is 0 Å². The summed E-state index contributed by atoms with van der Waals surface area (Å²) in [7, 11) is -4.36. The van der Waals surface area contributed by atoms with Gasteiger partial charge in [-0.25, -0.2) is 4.39 Å². The van der Waals surface area contributed by atoms with Crippen LogP contribution in [0.25, 0.3) is 22.0 Å². The van der Waals surface area contributed by atoms with E-state index in [1.807, 2.05) is 30.3 Å². The number of amides is 1. The molecule has 1 heterocycles. The Kier molecular flexibility index (Phi) is 7.65. The molecule has 5 aromatic rings. The number of aromatic amines is 1. The van der Waals surface area contributed by atoms with E-state index in [9.17, 15) is 30.8 Å². The first-order valence-electron chi connectivity index (χ1n) is 12.4. The second kappa shape index (κ2) is 11.2. The van der Waals surface area contributed by atoms with Gasteiger partial charge in [0, 0.05) is 22.3 Å². The third kappa shape index (κ3) is 5.93. The molecule has 0 bridgehead atoms. The molecular weight excluding hydrogens is 576 g/mol. The van der Waals surface area contributed by atoms with Gasteiger partial charge in [0.2, 0.25) is 0 Å². The topological polar surface area (TPSA) is 97.5 Å². The summed E-state index contributed by atoms with van der Waals surface area (Å²) in [6, 6.07) is 23.8. The number of benzene rings is 4. The van der Waals surface area contributed by atoms with E-state index in [4.69, 9.17) is 4.74 Å². The van der Waals surface area contributed by atoms with E-state index in [0.717, 1.165) is 23.0 Å². The maximum absolute atomic E-state index is 14.4. The summed E-state index contributed by atoms with van der Waals surface area (Å²) in [4.78, 5) is 16.8. The maximum atomic E-state index is 14.4. The lowest BCUT2D eigenvalue weighted by Crippen LogP contribution is -2.30. The molecule has 0 fully saturated rings. The van der Waals surface area contributed by atoms with Gasteiger partial charge in [0.05, 0.1) is 13.2 Å². The third-order valence-electron chi connectivity index (χ3n) is 6.44. The first-order valence-corrected chi connectivity index (χ1v) is 13.8. The van der Waals surface area contributed by atoms with Crippen molar-refractivity contribution in [2.75, 3.05) is 7.11 Å². The summed E-state index contributed by atoms with van der Waals surface area (Å²) in [5.41, 5.74) is -2.51. The number of nitrogens with one attached hydrogen (secondary N) is 2. The number of carbonyl (C=O) groups excluding carboxylic acids is 1. The predicted molar refractivity (Wildman–Crippen MR) is 148 cm³/mol. The summed E-state index contributed by atoms with van der Waals surface area (Å²) in [6.07, 6.45) is 0. The van der Waals surface area contributed by atoms with Crippen LogP contribution in [0.1, 0.15) is 27.7 Å². The Morgan fingerprint density at radius 1 is 0.881 bits per heavy atom. The lowest BCUT2D eigenvalue weighted by Gasteiger charge is -2.21. The van der Waals surface area contributed by atoms with Crippen molar-refractivity contribution in [1.82, 2.24) is 10.3 Å². The minimum absolute atomic E-state index is 0.240. The number of alkyl halides is 3. The summed E-state index contributed by atoms with van der Waals surface area (Å²) < 4.78 is 84.4. The highest BCUT2D eigenvalue weighted by Crippen LogP contribution is 2.33. The lowest BCUT2D eigenvalue weighted by molar-refractivity contribution is -0.0500. The molecule has 12 heteroatoms. The standard InChI is InChI=1S/C30H22F4N2O5S/c1-40-27-14-11-22(31)17-24(27)28(26-16-20-5-2-3-8-25(20)35-26)36-29(37)21-7-4-6-19(15-21)18-9-12-23(13-10-18)41-42(38,39)30(32,33)34/h2-17,28,35H,1H3,(H,36,37). The predicted octanol–water partition coefficient (Wildman–Crippen LogP) is 6.73. The van der Waals surface area contributed by atoms with Gasteiger partial charge in [0.15, 0.2) is 0 Å². The van der Waals surface area contributed by atoms with Crippen LogP contribution in [0, 0.1) is 5.82 Å². The van der Waals surface area contributed by atoms with Crippen LogP contribution >= 0.6 is 0 Å². The van der Waals surface area contributed by atoms with E-state index in [1.54, 1.807) is 24.3 Å². The molecule has 5 rings (SSSR count). The van der Waals surface area contributed by atoms with Crippen molar-refractivity contribution in [1.29, 1.82) is 0 Å². The molecular formula is C30H22F4N2O5S. The fourth-order valence-corrected chi connectivity index (χ4v) is 4.90. The zero-order valence-electron chi connectivity index (χ0n) is 21.8. The molecule has 1 unspecified atom stereocenters. The number of rotatable bonds is 8. The van der Waals surface area contributed by atoms with E-state index in [2.05, 4.69) is 14.5 Å². The molecule has 2 N–H and O–H groups in total. The number of para-hydroxylation sites is 1. The second-order valence-electron chi connectivity index (χ2n) is 9.19. The maximum Gasteiger partial charge on any atom is 0.534 e. The summed E-state index contributed by atoms with van der Waals surface area (Å²) >= 11 is 0. The Morgan fingerprint density at radius 2 is 1.62 bits per heavy atom. The number of aromatic nitrogens is 1. The molecule has 216 valence electrons. The average molecular weight is 599 g/mol. The van der Waals surface area contributed by atoms with Gasteiger partial charge >= 0.3 is 15.6 Å². The Bertz CT molecular complexity index is 1840. The molecule has 7 nitrogen and oxygen atoms in total. The number of H-pyrrole nitrogens is 1. The number of fused-ring (bicyclic) bond motifs is 1. The van der Waals surface area contributed by atoms with Gasteiger partial charge < -0.3 is 19.2 Å². The smallest absolute Gasteiger partial charge is 0.496 e. The molecule has 0 saturated carbocycles. The fraction of sp³-hybridized carbons (Fsp3) is 0.100. The Labute approximate surface area is 237 Å². The van der Waals surface area contributed by atoms with Crippen molar-refractivity contribution in [2.45, 2.75) is 11.6 Å². The van der Waals surface area contributed by atoms with Gasteiger partial charge in [0.25, 0.3) is 5.91 Å². The molecule has 1 aromatic heterocycles. The van der Waals surface area contributed by atoms with Crippen molar-refractivity contribution in [3.63, 3.8) is 0 Å². The number of methoxy groups -OCH3 is 1. The van der Waals surface area contributed by atoms with Gasteiger partial charge in [-0.15, -0.1) is 0 Å². The lowest BCUT2D eigenvalue weighted by atomic mass is 10.00. The highest BCUT2D eigenvalue weighted by Gasteiger charge is 2.48. The number of halogens is 4. The van der Waals surface area contributed by atoms with Crippen LogP contribution in [-0.4, -0.2) is 31.9 Å². The second-order valence-corrected chi connectivity index (χ2v) is 10.7. The van der Waals surface area contributed by atoms with Crippen LogP contribution in [0.4, 0.5) is 17.6 Å². The minimum Gasteiger partial charge on any atom is -0.496 e. The fourth-order valence-electron chi connectivity index (χ4n) is 4.44. The van der Waals surface area contributed by atoms with Gasteiger partial charge in [-0.2, -0.15) is 21.6 Å². The Balaban J connectivity index is 1.45.